The SMILES string of the molecule is O=S1(=O)N=C(Oc2ccc(C=NNc3ccccc3)cc2)c2ccccc21. The van der Waals surface area contributed by atoms with E-state index in [4.69, 9.17) is 4.74 Å². The summed E-state index contributed by atoms with van der Waals surface area (Å²) < 4.78 is 33.5. The van der Waals surface area contributed by atoms with E-state index in [1.807, 2.05) is 42.5 Å². The molecule has 0 spiro atoms. The predicted octanol–water partition coefficient (Wildman–Crippen LogP) is 3.66. The molecule has 4 rings (SSSR count). The standard InChI is InChI=1S/C20H15N3O3S/c24-27(25)19-9-5-4-8-18(19)20(23-27)26-17-12-10-15(11-13-17)14-21-22-16-6-2-1-3-7-16/h1-14,22H. The largest absolute Gasteiger partial charge is 0.438 e. The highest BCUT2D eigenvalue weighted by Gasteiger charge is 2.29. The van der Waals surface area contributed by atoms with Gasteiger partial charge in [-0.1, -0.05) is 30.3 Å². The minimum Gasteiger partial charge on any atom is -0.438 e. The second-order valence-electron chi connectivity index (χ2n) is 5.77. The Morgan fingerprint density at radius 1 is 0.889 bits per heavy atom. The number of hydrogen-bond acceptors (Lipinski definition) is 5. The minimum absolute atomic E-state index is 0.0813. The Kier molecular flexibility index (Phi) is 4.43. The van der Waals surface area contributed by atoms with E-state index in [0.29, 0.717) is 11.3 Å². The van der Waals surface area contributed by atoms with Crippen LogP contribution in [0.5, 0.6) is 5.75 Å². The monoisotopic (exact) mass is 377 g/mol. The maximum Gasteiger partial charge on any atom is 0.286 e. The number of benzene rings is 3. The molecule has 3 aromatic carbocycles. The van der Waals surface area contributed by atoms with Gasteiger partial charge in [0.25, 0.3) is 10.0 Å². The first-order valence-electron chi connectivity index (χ1n) is 8.18. The number of fused-ring (bicyclic) bond motifs is 1. The topological polar surface area (TPSA) is 80.1 Å². The van der Waals surface area contributed by atoms with Gasteiger partial charge in [-0.2, -0.15) is 13.5 Å². The Bertz CT molecular complexity index is 1120. The molecule has 27 heavy (non-hydrogen) atoms. The van der Waals surface area contributed by atoms with Crippen molar-refractivity contribution in [1.82, 2.24) is 0 Å². The van der Waals surface area contributed by atoms with Crippen molar-refractivity contribution >= 4 is 27.8 Å². The van der Waals surface area contributed by atoms with Crippen LogP contribution in [0.3, 0.4) is 0 Å². The molecule has 7 heteroatoms. The lowest BCUT2D eigenvalue weighted by molar-refractivity contribution is 0.554. The average Bonchev–Trinajstić information content (AvgIpc) is 2.95. The van der Waals surface area contributed by atoms with Crippen molar-refractivity contribution in [1.29, 1.82) is 0 Å². The number of nitrogens with zero attached hydrogens (tertiary/aromatic N) is 2. The number of nitrogens with one attached hydrogen (secondary N) is 1. The third-order valence-electron chi connectivity index (χ3n) is 3.87. The number of sulfonamides is 1. The van der Waals surface area contributed by atoms with E-state index < -0.39 is 10.0 Å². The zero-order chi connectivity index (χ0) is 18.7. The van der Waals surface area contributed by atoms with Crippen molar-refractivity contribution in [2.75, 3.05) is 5.43 Å². The summed E-state index contributed by atoms with van der Waals surface area (Å²) in [5.41, 5.74) is 5.17. The van der Waals surface area contributed by atoms with Crippen LogP contribution in [-0.2, 0) is 10.0 Å². The summed E-state index contributed by atoms with van der Waals surface area (Å²) in [6.07, 6.45) is 1.68. The summed E-state index contributed by atoms with van der Waals surface area (Å²) in [5, 5.41) is 4.17. The van der Waals surface area contributed by atoms with E-state index in [9.17, 15) is 8.42 Å². The molecule has 3 aromatic rings. The van der Waals surface area contributed by atoms with Gasteiger partial charge in [0.1, 0.15) is 10.6 Å². The van der Waals surface area contributed by atoms with Crippen molar-refractivity contribution in [3.63, 3.8) is 0 Å². The Labute approximate surface area is 156 Å². The second-order valence-corrected chi connectivity index (χ2v) is 7.35. The molecule has 0 aromatic heterocycles. The van der Waals surface area contributed by atoms with Gasteiger partial charge in [-0.3, -0.25) is 5.43 Å². The molecule has 1 aliphatic heterocycles. The van der Waals surface area contributed by atoms with Gasteiger partial charge < -0.3 is 4.74 Å². The Morgan fingerprint density at radius 2 is 1.59 bits per heavy atom. The molecule has 0 fully saturated rings. The fourth-order valence-corrected chi connectivity index (χ4v) is 3.71. The maximum atomic E-state index is 12.1. The number of hydrazone groups is 1. The fraction of sp³-hybridized carbons (Fsp3) is 0. The van der Waals surface area contributed by atoms with E-state index in [1.165, 1.54) is 6.07 Å². The zero-order valence-electron chi connectivity index (χ0n) is 14.1. The van der Waals surface area contributed by atoms with Crippen molar-refractivity contribution < 1.29 is 13.2 Å². The molecule has 6 nitrogen and oxygen atoms in total. The molecule has 0 saturated carbocycles. The van der Waals surface area contributed by atoms with Gasteiger partial charge in [-0.15, -0.1) is 4.40 Å². The fourth-order valence-electron chi connectivity index (χ4n) is 2.58. The van der Waals surface area contributed by atoms with E-state index in [2.05, 4.69) is 14.9 Å². The summed E-state index contributed by atoms with van der Waals surface area (Å²) in [4.78, 5) is 0.163. The summed E-state index contributed by atoms with van der Waals surface area (Å²) >= 11 is 0. The van der Waals surface area contributed by atoms with Crippen LogP contribution in [-0.4, -0.2) is 20.5 Å². The molecule has 0 atom stereocenters. The highest BCUT2D eigenvalue weighted by molar-refractivity contribution is 7.90. The van der Waals surface area contributed by atoms with Gasteiger partial charge in [0.15, 0.2) is 0 Å². The molecule has 1 N–H and O–H groups in total. The Hall–Kier alpha value is -3.45. The van der Waals surface area contributed by atoms with Crippen LogP contribution in [0.25, 0.3) is 0 Å². The smallest absolute Gasteiger partial charge is 0.286 e. The minimum atomic E-state index is -3.69. The summed E-state index contributed by atoms with van der Waals surface area (Å²) in [6, 6.07) is 23.3. The molecule has 0 amide bonds. The first-order chi connectivity index (χ1) is 13.1. The van der Waals surface area contributed by atoms with E-state index in [1.54, 1.807) is 36.5 Å². The summed E-state index contributed by atoms with van der Waals surface area (Å²) in [5.74, 6) is 0.576. The van der Waals surface area contributed by atoms with Crippen LogP contribution >= 0.6 is 0 Å². The van der Waals surface area contributed by atoms with E-state index in [0.717, 1.165) is 11.3 Å². The number of para-hydroxylation sites is 1. The number of hydrogen-bond donors (Lipinski definition) is 1. The lowest BCUT2D eigenvalue weighted by Gasteiger charge is -2.05. The zero-order valence-corrected chi connectivity index (χ0v) is 14.9. The Balaban J connectivity index is 1.46. The van der Waals surface area contributed by atoms with Gasteiger partial charge in [0.05, 0.1) is 17.5 Å². The summed E-state index contributed by atoms with van der Waals surface area (Å²) in [6.45, 7) is 0. The maximum absolute atomic E-state index is 12.1. The van der Waals surface area contributed by atoms with E-state index in [-0.39, 0.29) is 10.8 Å². The first-order valence-corrected chi connectivity index (χ1v) is 9.62. The van der Waals surface area contributed by atoms with Gasteiger partial charge in [-0.05, 0) is 54.1 Å². The quantitative estimate of drug-likeness (QED) is 0.556. The molecule has 0 radical (unpaired) electrons. The lowest BCUT2D eigenvalue weighted by Crippen LogP contribution is -2.07. The summed E-state index contributed by atoms with van der Waals surface area (Å²) in [7, 11) is -3.69. The van der Waals surface area contributed by atoms with Crippen LogP contribution < -0.4 is 10.2 Å². The number of ether oxygens (including phenoxy) is 1. The molecular weight excluding hydrogens is 362 g/mol. The molecule has 0 bridgehead atoms. The lowest BCUT2D eigenvalue weighted by atomic mass is 10.2. The van der Waals surface area contributed by atoms with Crippen molar-refractivity contribution in [3.8, 4) is 5.75 Å². The van der Waals surface area contributed by atoms with Crippen molar-refractivity contribution in [2.24, 2.45) is 9.50 Å². The molecule has 0 aliphatic carbocycles. The van der Waals surface area contributed by atoms with Gasteiger partial charge >= 0.3 is 0 Å². The molecular formula is C20H15N3O3S. The third-order valence-corrected chi connectivity index (χ3v) is 5.19. The molecule has 0 unspecified atom stereocenters. The molecule has 0 saturated heterocycles. The molecule has 1 heterocycles. The highest BCUT2D eigenvalue weighted by Crippen LogP contribution is 2.27. The Morgan fingerprint density at radius 3 is 2.37 bits per heavy atom. The first kappa shape index (κ1) is 17.0. The van der Waals surface area contributed by atoms with Gasteiger partial charge in [0, 0.05) is 0 Å². The van der Waals surface area contributed by atoms with Crippen LogP contribution in [0.15, 0.2) is 93.3 Å². The van der Waals surface area contributed by atoms with Gasteiger partial charge in [-0.25, -0.2) is 0 Å². The van der Waals surface area contributed by atoms with Gasteiger partial charge in [0.2, 0.25) is 5.90 Å². The van der Waals surface area contributed by atoms with Crippen molar-refractivity contribution in [2.45, 2.75) is 4.90 Å². The molecule has 1 aliphatic rings. The second kappa shape index (κ2) is 7.05. The highest BCUT2D eigenvalue weighted by atomic mass is 32.2. The predicted molar refractivity (Wildman–Crippen MR) is 105 cm³/mol. The normalized spacial score (nSPS) is 14.6. The van der Waals surface area contributed by atoms with Crippen molar-refractivity contribution in [3.05, 3.63) is 90.0 Å². The van der Waals surface area contributed by atoms with Crippen LogP contribution in [0, 0.1) is 0 Å². The van der Waals surface area contributed by atoms with Crippen LogP contribution in [0.4, 0.5) is 5.69 Å². The molecule has 134 valence electrons. The number of rotatable bonds is 4. The third kappa shape index (κ3) is 3.73. The van der Waals surface area contributed by atoms with Crippen LogP contribution in [0.1, 0.15) is 11.1 Å². The average molecular weight is 377 g/mol. The van der Waals surface area contributed by atoms with Crippen LogP contribution in [0.2, 0.25) is 0 Å². The van der Waals surface area contributed by atoms with E-state index >= 15 is 0 Å². The number of anilines is 1.